The monoisotopic (exact) mass is 441 g/mol. The third kappa shape index (κ3) is 3.90. The number of benzene rings is 1. The molecule has 2 N–H and O–H groups in total. The van der Waals surface area contributed by atoms with E-state index in [1.54, 1.807) is 23.1 Å². The first-order chi connectivity index (χ1) is 14.8. The molecule has 0 aliphatic carbocycles. The van der Waals surface area contributed by atoms with E-state index in [0.29, 0.717) is 23.7 Å². The maximum Gasteiger partial charge on any atom is 0.295 e. The number of aliphatic hydroxyl groups excluding tert-OH is 1. The van der Waals surface area contributed by atoms with Gasteiger partial charge in [-0.25, -0.2) is 0 Å². The number of nitrogens with one attached hydrogen (secondary N) is 1. The van der Waals surface area contributed by atoms with Crippen molar-refractivity contribution < 1.29 is 14.7 Å². The van der Waals surface area contributed by atoms with Gasteiger partial charge in [-0.15, -0.1) is 0 Å². The minimum atomic E-state index is -0.671. The van der Waals surface area contributed by atoms with Crippen LogP contribution in [0, 0.1) is 20.8 Å². The lowest BCUT2D eigenvalue weighted by molar-refractivity contribution is -0.140. The smallest absolute Gasteiger partial charge is 0.295 e. The Labute approximate surface area is 187 Å². The first kappa shape index (κ1) is 21.7. The van der Waals surface area contributed by atoms with Crippen LogP contribution in [0.2, 0.25) is 5.02 Å². The largest absolute Gasteiger partial charge is 0.507 e. The number of Topliss-reactive ketones (excluding diaryl/α,β-unsaturated/α-hetero) is 1. The molecule has 31 heavy (non-hydrogen) atoms. The molecular formula is C24H28ClN3O3. The van der Waals surface area contributed by atoms with Gasteiger partial charge in [-0.2, -0.15) is 0 Å². The number of aliphatic hydroxyl groups is 1. The second kappa shape index (κ2) is 8.52. The normalized spacial score (nSPS) is 21.4. The number of H-pyrrole nitrogens is 1. The van der Waals surface area contributed by atoms with Gasteiger partial charge in [0.2, 0.25) is 0 Å². The molecule has 2 aromatic rings. The van der Waals surface area contributed by atoms with Crippen LogP contribution in [0.15, 0.2) is 29.8 Å². The van der Waals surface area contributed by atoms with Crippen molar-refractivity contribution in [2.24, 2.45) is 0 Å². The number of hydrogen-bond donors (Lipinski definition) is 2. The van der Waals surface area contributed by atoms with Gasteiger partial charge in [0.25, 0.3) is 11.7 Å². The van der Waals surface area contributed by atoms with Gasteiger partial charge in [0.05, 0.1) is 11.6 Å². The van der Waals surface area contributed by atoms with Crippen molar-refractivity contribution >= 4 is 29.1 Å². The van der Waals surface area contributed by atoms with Crippen LogP contribution in [0.5, 0.6) is 0 Å². The predicted octanol–water partition coefficient (Wildman–Crippen LogP) is 4.11. The number of amides is 1. The van der Waals surface area contributed by atoms with E-state index in [1.165, 1.54) is 0 Å². The van der Waals surface area contributed by atoms with Crippen molar-refractivity contribution in [1.82, 2.24) is 14.8 Å². The number of ketones is 1. The van der Waals surface area contributed by atoms with Crippen molar-refractivity contribution in [1.29, 1.82) is 0 Å². The van der Waals surface area contributed by atoms with Crippen LogP contribution in [-0.2, 0) is 9.59 Å². The zero-order valence-corrected chi connectivity index (χ0v) is 18.9. The Kier molecular flexibility index (Phi) is 5.95. The highest BCUT2D eigenvalue weighted by atomic mass is 35.5. The topological polar surface area (TPSA) is 76.6 Å². The molecule has 164 valence electrons. The fourth-order valence-electron chi connectivity index (χ4n) is 4.79. The number of carbonyl (C=O) groups is 2. The van der Waals surface area contributed by atoms with Gasteiger partial charge < -0.3 is 19.9 Å². The Morgan fingerprint density at radius 1 is 1.13 bits per heavy atom. The van der Waals surface area contributed by atoms with Crippen LogP contribution in [0.1, 0.15) is 47.0 Å². The number of rotatable bonds is 5. The van der Waals surface area contributed by atoms with Gasteiger partial charge in [0.15, 0.2) is 0 Å². The average Bonchev–Trinajstić information content (AvgIpc) is 3.40. The molecule has 0 radical (unpaired) electrons. The number of nitrogens with zero attached hydrogens (tertiary/aromatic N) is 2. The fraction of sp³-hybridized carbons (Fsp3) is 0.417. The van der Waals surface area contributed by atoms with Crippen molar-refractivity contribution in [2.45, 2.75) is 39.7 Å². The Morgan fingerprint density at radius 2 is 1.84 bits per heavy atom. The summed E-state index contributed by atoms with van der Waals surface area (Å²) < 4.78 is 0. The number of hydrogen-bond acceptors (Lipinski definition) is 4. The summed E-state index contributed by atoms with van der Waals surface area (Å²) >= 11 is 6.24. The number of halogens is 1. The SMILES string of the molecule is Cc1[nH]c(C)c(/C(O)=C2\C(=O)C(=O)N(CCN3CCCC3)C2c2cccc(Cl)c2)c1C. The lowest BCUT2D eigenvalue weighted by atomic mass is 9.94. The minimum Gasteiger partial charge on any atom is -0.507 e. The molecular weight excluding hydrogens is 414 g/mol. The van der Waals surface area contributed by atoms with Gasteiger partial charge in [-0.3, -0.25) is 9.59 Å². The number of aromatic amines is 1. The van der Waals surface area contributed by atoms with Gasteiger partial charge in [0.1, 0.15) is 5.76 Å². The fourth-order valence-corrected chi connectivity index (χ4v) is 4.98. The van der Waals surface area contributed by atoms with Gasteiger partial charge in [0, 0.05) is 35.1 Å². The molecule has 0 bridgehead atoms. The maximum atomic E-state index is 13.2. The Balaban J connectivity index is 1.82. The van der Waals surface area contributed by atoms with E-state index in [-0.39, 0.29) is 11.3 Å². The first-order valence-electron chi connectivity index (χ1n) is 10.7. The van der Waals surface area contributed by atoms with Gasteiger partial charge >= 0.3 is 0 Å². The molecule has 6 nitrogen and oxygen atoms in total. The third-order valence-corrected chi connectivity index (χ3v) is 6.72. The second-order valence-corrected chi connectivity index (χ2v) is 8.91. The zero-order valence-electron chi connectivity index (χ0n) is 18.2. The molecule has 2 aliphatic heterocycles. The molecule has 2 fully saturated rings. The molecule has 7 heteroatoms. The highest BCUT2D eigenvalue weighted by molar-refractivity contribution is 6.46. The van der Waals surface area contributed by atoms with Gasteiger partial charge in [-0.1, -0.05) is 23.7 Å². The maximum absolute atomic E-state index is 13.2. The number of likely N-dealkylation sites (tertiary alicyclic amines) is 2. The number of aryl methyl sites for hydroxylation is 2. The highest BCUT2D eigenvalue weighted by Gasteiger charge is 2.46. The Bertz CT molecular complexity index is 1070. The summed E-state index contributed by atoms with van der Waals surface area (Å²) in [7, 11) is 0. The molecule has 1 unspecified atom stereocenters. The number of carbonyl (C=O) groups excluding carboxylic acids is 2. The predicted molar refractivity (Wildman–Crippen MR) is 121 cm³/mol. The first-order valence-corrected chi connectivity index (χ1v) is 11.1. The van der Waals surface area contributed by atoms with E-state index in [9.17, 15) is 14.7 Å². The van der Waals surface area contributed by atoms with E-state index in [0.717, 1.165) is 48.4 Å². The molecule has 3 heterocycles. The molecule has 0 saturated carbocycles. The van der Waals surface area contributed by atoms with E-state index < -0.39 is 17.7 Å². The van der Waals surface area contributed by atoms with Crippen LogP contribution in [-0.4, -0.2) is 57.8 Å². The van der Waals surface area contributed by atoms with Crippen LogP contribution in [0.3, 0.4) is 0 Å². The van der Waals surface area contributed by atoms with Crippen LogP contribution in [0.4, 0.5) is 0 Å². The van der Waals surface area contributed by atoms with Crippen molar-refractivity contribution in [2.75, 3.05) is 26.2 Å². The molecule has 4 rings (SSSR count). The molecule has 1 amide bonds. The highest BCUT2D eigenvalue weighted by Crippen LogP contribution is 2.41. The molecule has 1 atom stereocenters. The number of aromatic nitrogens is 1. The minimum absolute atomic E-state index is 0.124. The summed E-state index contributed by atoms with van der Waals surface area (Å²) in [5.74, 6) is -1.36. The van der Waals surface area contributed by atoms with Crippen molar-refractivity contribution in [3.05, 3.63) is 62.9 Å². The summed E-state index contributed by atoms with van der Waals surface area (Å²) in [6.45, 7) is 8.80. The summed E-state index contributed by atoms with van der Waals surface area (Å²) in [5, 5.41) is 11.8. The lowest BCUT2D eigenvalue weighted by Gasteiger charge is -2.27. The van der Waals surface area contributed by atoms with Crippen LogP contribution in [0.25, 0.3) is 5.76 Å². The second-order valence-electron chi connectivity index (χ2n) is 8.47. The Morgan fingerprint density at radius 3 is 2.45 bits per heavy atom. The third-order valence-electron chi connectivity index (χ3n) is 6.48. The molecule has 2 aliphatic rings. The summed E-state index contributed by atoms with van der Waals surface area (Å²) in [5.41, 5.74) is 3.98. The Hall–Kier alpha value is -2.57. The lowest BCUT2D eigenvalue weighted by Crippen LogP contribution is -2.37. The summed E-state index contributed by atoms with van der Waals surface area (Å²) in [6.07, 6.45) is 2.31. The summed E-state index contributed by atoms with van der Waals surface area (Å²) in [6, 6.07) is 6.49. The van der Waals surface area contributed by atoms with Crippen LogP contribution >= 0.6 is 11.6 Å². The standard InChI is InChI=1S/C24H28ClN3O3/c1-14-15(2)26-16(3)19(14)22(29)20-21(17-7-6-8-18(25)13-17)28(24(31)23(20)30)12-11-27-9-4-5-10-27/h6-8,13,21,26,29H,4-5,9-12H2,1-3H3/b22-20+. The molecule has 1 aromatic carbocycles. The van der Waals surface area contributed by atoms with E-state index >= 15 is 0 Å². The van der Waals surface area contributed by atoms with Crippen molar-refractivity contribution in [3.63, 3.8) is 0 Å². The molecule has 2 saturated heterocycles. The molecule has 1 aromatic heterocycles. The van der Waals surface area contributed by atoms with E-state index in [1.807, 2.05) is 26.8 Å². The molecule has 0 spiro atoms. The van der Waals surface area contributed by atoms with Gasteiger partial charge in [-0.05, 0) is 70.0 Å². The zero-order chi connectivity index (χ0) is 22.3. The van der Waals surface area contributed by atoms with E-state index in [4.69, 9.17) is 11.6 Å². The van der Waals surface area contributed by atoms with E-state index in [2.05, 4.69) is 9.88 Å². The van der Waals surface area contributed by atoms with Crippen LogP contribution < -0.4 is 0 Å². The quantitative estimate of drug-likeness (QED) is 0.416. The van der Waals surface area contributed by atoms with Crippen molar-refractivity contribution in [3.8, 4) is 0 Å². The summed E-state index contributed by atoms with van der Waals surface area (Å²) in [4.78, 5) is 33.3. The average molecular weight is 442 g/mol.